The number of hydrogen-bond donors (Lipinski definition) is 0. The molecule has 0 amide bonds. The zero-order valence-corrected chi connectivity index (χ0v) is 10.2. The fraction of sp³-hybridized carbons (Fsp3) is 1.00. The lowest BCUT2D eigenvalue weighted by Crippen LogP contribution is -2.53. The molecule has 22 heavy (non-hydrogen) atoms. The molecule has 16 heteroatoms. The maximum atomic E-state index is 12.6. The molecule has 0 aromatic heterocycles. The van der Waals surface area contributed by atoms with Crippen LogP contribution in [0.25, 0.3) is 0 Å². The molecule has 0 heterocycles. The summed E-state index contributed by atoms with van der Waals surface area (Å²) in [6.45, 7) is 0. The van der Waals surface area contributed by atoms with Crippen molar-refractivity contribution < 1.29 is 65.9 Å². The van der Waals surface area contributed by atoms with Gasteiger partial charge in [-0.3, -0.25) is 0 Å². The van der Waals surface area contributed by atoms with Crippen molar-refractivity contribution in [3.8, 4) is 0 Å². The highest BCUT2D eigenvalue weighted by Crippen LogP contribution is 2.80. The van der Waals surface area contributed by atoms with E-state index in [-0.39, 0.29) is 0 Å². The smallest absolute Gasteiger partial charge is 0.162 e. The minimum absolute atomic E-state index is 7.48. The summed E-state index contributed by atoms with van der Waals surface area (Å²) in [4.78, 5) is 0. The molecule has 0 atom stereocenters. The molecule has 0 radical (unpaired) electrons. The molecule has 0 aromatic carbocycles. The molecule has 0 aliphatic rings. The monoisotopic (exact) mass is 389 g/mol. The minimum atomic E-state index is -8.12. The van der Waals surface area contributed by atoms with E-state index in [2.05, 4.69) is 0 Å². The van der Waals surface area contributed by atoms with Crippen LogP contribution in [-0.2, 0) is 0 Å². The molecular weight excluding hydrogens is 388 g/mol. The second-order valence-electron chi connectivity index (χ2n) is 3.59. The van der Waals surface area contributed by atoms with Crippen molar-refractivity contribution in [3.63, 3.8) is 0 Å². The van der Waals surface area contributed by atoms with Crippen molar-refractivity contribution in [2.75, 3.05) is 0 Å². The molecule has 0 spiro atoms. The maximum absolute atomic E-state index is 12.6. The van der Waals surface area contributed by atoms with Crippen molar-refractivity contribution in [3.05, 3.63) is 0 Å². The topological polar surface area (TPSA) is 0 Å². The second-order valence-corrected chi connectivity index (χ2v) is 6.23. The van der Waals surface area contributed by atoms with Crippen LogP contribution >= 0.6 is 7.92 Å². The Hall–Kier alpha value is -0.620. The van der Waals surface area contributed by atoms with Crippen LogP contribution in [-0.4, -0.2) is 35.5 Å². The Labute approximate surface area is 111 Å². The Morgan fingerprint density at radius 1 is 0.318 bits per heavy atom. The average molecular weight is 389 g/mol. The van der Waals surface area contributed by atoms with Crippen molar-refractivity contribution in [2.45, 2.75) is 35.5 Å². The van der Waals surface area contributed by atoms with Gasteiger partial charge >= 0.3 is 35.5 Å². The quantitative estimate of drug-likeness (QED) is 0.432. The highest BCUT2D eigenvalue weighted by atomic mass is 31.1. The Morgan fingerprint density at radius 2 is 0.455 bits per heavy atom. The SMILES string of the molecule is FC(F)(F)C(F)(F)[PH+](C(F)(F)C(F)(F)F)C(F)(F)C(F)(F)F. The molecule has 0 nitrogen and oxygen atoms in total. The van der Waals surface area contributed by atoms with E-state index in [0.29, 0.717) is 0 Å². The second kappa shape index (κ2) is 5.20. The van der Waals surface area contributed by atoms with Crippen LogP contribution in [0.5, 0.6) is 0 Å². The molecule has 0 saturated heterocycles. The third kappa shape index (κ3) is 3.32. The molecule has 0 saturated carbocycles. The standard InChI is InChI=1S/C6F15P/c7-1(8,9)4(16,17)22(5(18,19)2(10,11)12)6(20,21)3(13,14)15/p+1. The third-order valence-corrected chi connectivity index (χ3v) is 4.74. The van der Waals surface area contributed by atoms with Gasteiger partial charge in [-0.25, -0.2) is 0 Å². The summed E-state index contributed by atoms with van der Waals surface area (Å²) in [6.07, 6.45) is -22.4. The van der Waals surface area contributed by atoms with Crippen LogP contribution in [0.15, 0.2) is 0 Å². The van der Waals surface area contributed by atoms with E-state index in [1.807, 2.05) is 0 Å². The molecule has 0 bridgehead atoms. The van der Waals surface area contributed by atoms with E-state index in [4.69, 9.17) is 0 Å². The van der Waals surface area contributed by atoms with Crippen LogP contribution in [0.4, 0.5) is 65.9 Å². The zero-order chi connectivity index (χ0) is 18.6. The molecular formula is C6HF15P+. The molecule has 0 aliphatic heterocycles. The van der Waals surface area contributed by atoms with E-state index in [0.717, 1.165) is 0 Å². The molecule has 0 rings (SSSR count). The van der Waals surface area contributed by atoms with Gasteiger partial charge in [-0.1, -0.05) is 0 Å². The van der Waals surface area contributed by atoms with Crippen LogP contribution in [0.2, 0.25) is 0 Å². The average Bonchev–Trinajstić information content (AvgIpc) is 2.09. The maximum Gasteiger partial charge on any atom is 0.494 e. The Kier molecular flexibility index (Phi) is 5.05. The molecule has 0 unspecified atom stereocenters. The largest absolute Gasteiger partial charge is 0.494 e. The number of rotatable bonds is 3. The first-order chi connectivity index (χ1) is 9.12. The summed E-state index contributed by atoms with van der Waals surface area (Å²) in [5.74, 6) is 0. The summed E-state index contributed by atoms with van der Waals surface area (Å²) in [5.41, 5.74) is -22.8. The van der Waals surface area contributed by atoms with E-state index in [1.54, 1.807) is 0 Å². The van der Waals surface area contributed by atoms with Gasteiger partial charge in [0.25, 0.3) is 7.92 Å². The Morgan fingerprint density at radius 3 is 0.545 bits per heavy atom. The van der Waals surface area contributed by atoms with Crippen molar-refractivity contribution in [2.24, 2.45) is 0 Å². The van der Waals surface area contributed by atoms with E-state index in [9.17, 15) is 65.9 Å². The summed E-state index contributed by atoms with van der Waals surface area (Å²) in [5, 5.41) is 0. The lowest BCUT2D eigenvalue weighted by molar-refractivity contribution is -0.283. The van der Waals surface area contributed by atoms with Crippen LogP contribution < -0.4 is 0 Å². The number of alkyl halides is 15. The highest BCUT2D eigenvalue weighted by Gasteiger charge is 2.93. The van der Waals surface area contributed by atoms with Crippen LogP contribution in [0.3, 0.4) is 0 Å². The van der Waals surface area contributed by atoms with E-state index >= 15 is 0 Å². The van der Waals surface area contributed by atoms with E-state index < -0.39 is 43.4 Å². The fourth-order valence-electron chi connectivity index (χ4n) is 1.02. The Balaban J connectivity index is 6.53. The van der Waals surface area contributed by atoms with Gasteiger partial charge in [-0.2, -0.15) is 65.9 Å². The Bertz CT molecular complexity index is 334. The first-order valence-electron chi connectivity index (χ1n) is 4.33. The van der Waals surface area contributed by atoms with Gasteiger partial charge in [0, 0.05) is 0 Å². The third-order valence-electron chi connectivity index (χ3n) is 2.01. The predicted octanol–water partition coefficient (Wildman–Crippen LogP) is 5.67. The highest BCUT2D eigenvalue weighted by molar-refractivity contribution is 7.61. The van der Waals surface area contributed by atoms with E-state index in [1.165, 1.54) is 0 Å². The molecule has 0 aromatic rings. The number of hydrogen-bond acceptors (Lipinski definition) is 0. The summed E-state index contributed by atoms with van der Waals surface area (Å²) < 4.78 is 182. The van der Waals surface area contributed by atoms with Crippen molar-refractivity contribution in [1.82, 2.24) is 0 Å². The van der Waals surface area contributed by atoms with Gasteiger partial charge in [-0.05, 0) is 0 Å². The van der Waals surface area contributed by atoms with Crippen molar-refractivity contribution >= 4 is 7.92 Å². The van der Waals surface area contributed by atoms with Gasteiger partial charge in [0.15, 0.2) is 0 Å². The molecule has 0 fully saturated rings. The van der Waals surface area contributed by atoms with Gasteiger partial charge < -0.3 is 0 Å². The first-order valence-corrected chi connectivity index (χ1v) is 5.83. The minimum Gasteiger partial charge on any atom is -0.162 e. The lowest BCUT2D eigenvalue weighted by Gasteiger charge is -2.32. The normalized spacial score (nSPS) is 16.4. The van der Waals surface area contributed by atoms with Gasteiger partial charge in [0.1, 0.15) is 0 Å². The van der Waals surface area contributed by atoms with Crippen LogP contribution in [0.1, 0.15) is 0 Å². The summed E-state index contributed by atoms with van der Waals surface area (Å²) >= 11 is 0. The summed E-state index contributed by atoms with van der Waals surface area (Å²) in [6, 6.07) is 0. The number of halogens is 15. The molecule has 0 N–H and O–H groups in total. The van der Waals surface area contributed by atoms with Gasteiger partial charge in [0.2, 0.25) is 0 Å². The van der Waals surface area contributed by atoms with Crippen molar-refractivity contribution in [1.29, 1.82) is 0 Å². The molecule has 0 aliphatic carbocycles. The molecule has 134 valence electrons. The van der Waals surface area contributed by atoms with Gasteiger partial charge in [0.05, 0.1) is 0 Å². The fourth-order valence-corrected chi connectivity index (χ4v) is 3.05. The predicted molar refractivity (Wildman–Crippen MR) is 41.3 cm³/mol. The van der Waals surface area contributed by atoms with Gasteiger partial charge in [-0.15, -0.1) is 0 Å². The zero-order valence-electron chi connectivity index (χ0n) is 9.17. The summed E-state index contributed by atoms with van der Waals surface area (Å²) in [7, 11) is -8.12. The van der Waals surface area contributed by atoms with Crippen LogP contribution in [0, 0.1) is 0 Å². The lowest BCUT2D eigenvalue weighted by atomic mass is 10.6. The first kappa shape index (κ1) is 21.4.